The summed E-state index contributed by atoms with van der Waals surface area (Å²) in [6.45, 7) is 3.10. The molecule has 0 bridgehead atoms. The number of nitrogens with one attached hydrogen (secondary N) is 7. The van der Waals surface area contributed by atoms with Crippen molar-refractivity contribution in [1.29, 1.82) is 0 Å². The van der Waals surface area contributed by atoms with Crippen molar-refractivity contribution in [1.82, 2.24) is 42.1 Å². The summed E-state index contributed by atoms with van der Waals surface area (Å²) in [6, 6.07) is -8.15. The van der Waals surface area contributed by atoms with E-state index in [0.717, 1.165) is 0 Å². The normalized spacial score (nSPS) is 17.4. The van der Waals surface area contributed by atoms with Crippen LogP contribution in [0.2, 0.25) is 0 Å². The standard InChI is InChI=1S/C32H64N14O9/c1-17(24(48)45-22(10-6-14-40-32(37)38)29(53)46-15-7-11-23(46)28(52)42-18(2)30(54)55)41-26(50)21(9-5-13-39-31(35)36)44-27(51)20(8-3-4-12-33)43-25(49)19(34)16-47/h17-23,31-32,39-40,47H,3-16,33-38H2,1-2H3,(H,41,50)(H,42,52)(H,43,49)(H,44,51)(H,45,48)(H,54,55)/t17-,18-,19-,20-,21-,22-,23-/m0/s1. The highest BCUT2D eigenvalue weighted by atomic mass is 16.4. The molecule has 0 spiro atoms. The van der Waals surface area contributed by atoms with Crippen molar-refractivity contribution in [3.63, 3.8) is 0 Å². The quantitative estimate of drug-likeness (QED) is 0.0272. The third-order valence-electron chi connectivity index (χ3n) is 8.78. The summed E-state index contributed by atoms with van der Waals surface area (Å²) in [5.41, 5.74) is 33.4. The van der Waals surface area contributed by atoms with Gasteiger partial charge >= 0.3 is 5.97 Å². The lowest BCUT2D eigenvalue weighted by atomic mass is 10.1. The van der Waals surface area contributed by atoms with Crippen molar-refractivity contribution in [2.45, 2.75) is 127 Å². The molecule has 1 fully saturated rings. The molecule has 23 nitrogen and oxygen atoms in total. The van der Waals surface area contributed by atoms with Gasteiger partial charge in [-0.1, -0.05) is 0 Å². The van der Waals surface area contributed by atoms with E-state index in [-0.39, 0.29) is 45.3 Å². The summed E-state index contributed by atoms with van der Waals surface area (Å²) >= 11 is 0. The zero-order valence-corrected chi connectivity index (χ0v) is 31.8. The molecule has 0 saturated carbocycles. The molecule has 7 atom stereocenters. The molecule has 0 aromatic carbocycles. The van der Waals surface area contributed by atoms with E-state index in [1.54, 1.807) is 0 Å². The van der Waals surface area contributed by atoms with Crippen molar-refractivity contribution in [3.8, 4) is 0 Å². The lowest BCUT2D eigenvalue weighted by Gasteiger charge is -2.30. The van der Waals surface area contributed by atoms with Gasteiger partial charge in [-0.05, 0) is 91.3 Å². The molecule has 0 radical (unpaired) electrons. The van der Waals surface area contributed by atoms with Crippen LogP contribution in [0.1, 0.15) is 71.6 Å². The van der Waals surface area contributed by atoms with Crippen molar-refractivity contribution >= 4 is 41.4 Å². The third kappa shape index (κ3) is 18.4. The second-order valence-corrected chi connectivity index (χ2v) is 13.5. The minimum absolute atomic E-state index is 0.0571. The van der Waals surface area contributed by atoms with Crippen molar-refractivity contribution < 1.29 is 43.8 Å². The number of nitrogens with two attached hydrogens (primary N) is 6. The van der Waals surface area contributed by atoms with Crippen LogP contribution in [-0.2, 0) is 33.6 Å². The van der Waals surface area contributed by atoms with Crippen LogP contribution >= 0.6 is 0 Å². The van der Waals surface area contributed by atoms with Gasteiger partial charge in [-0.3, -0.25) is 44.2 Å². The number of aliphatic hydroxyl groups excluding tert-OH is 1. The van der Waals surface area contributed by atoms with Crippen LogP contribution in [0.25, 0.3) is 0 Å². The molecular weight excluding hydrogens is 724 g/mol. The van der Waals surface area contributed by atoms with Crippen LogP contribution in [0, 0.1) is 0 Å². The summed E-state index contributed by atoms with van der Waals surface area (Å²) in [6.07, 6.45) is 1.02. The first kappa shape index (κ1) is 48.9. The molecule has 0 aromatic heterocycles. The number of rotatable bonds is 27. The summed E-state index contributed by atoms with van der Waals surface area (Å²) in [5.74, 6) is -5.45. The fourth-order valence-corrected chi connectivity index (χ4v) is 5.62. The van der Waals surface area contributed by atoms with Crippen LogP contribution in [0.3, 0.4) is 0 Å². The van der Waals surface area contributed by atoms with Crippen LogP contribution in [-0.4, -0.2) is 144 Å². The zero-order valence-electron chi connectivity index (χ0n) is 31.8. The molecule has 1 aliphatic heterocycles. The molecule has 0 aliphatic carbocycles. The second kappa shape index (κ2) is 25.9. The molecule has 1 heterocycles. The Hall–Kier alpha value is -4.07. The van der Waals surface area contributed by atoms with Gasteiger partial charge in [0.1, 0.15) is 54.9 Å². The van der Waals surface area contributed by atoms with Crippen LogP contribution in [0.5, 0.6) is 0 Å². The van der Waals surface area contributed by atoms with Gasteiger partial charge in [0.05, 0.1) is 6.61 Å². The van der Waals surface area contributed by atoms with Crippen LogP contribution < -0.4 is 71.6 Å². The van der Waals surface area contributed by atoms with Gasteiger partial charge in [-0.15, -0.1) is 0 Å². The molecular formula is C32H64N14O9. The lowest BCUT2D eigenvalue weighted by Crippen LogP contribution is -2.59. The Labute approximate surface area is 320 Å². The molecule has 1 rings (SSSR count). The first-order valence-electron chi connectivity index (χ1n) is 18.5. The number of carboxylic acid groups (broad SMARTS) is 1. The van der Waals surface area contributed by atoms with E-state index in [4.69, 9.17) is 34.4 Å². The maximum Gasteiger partial charge on any atom is 0.325 e. The number of carbonyl (C=O) groups excluding carboxylic acids is 6. The van der Waals surface area contributed by atoms with Crippen molar-refractivity contribution in [2.75, 3.05) is 32.8 Å². The smallest absolute Gasteiger partial charge is 0.325 e. The van der Waals surface area contributed by atoms with E-state index in [1.165, 1.54) is 18.7 Å². The number of likely N-dealkylation sites (tertiary alicyclic amines) is 1. The molecule has 23 heteroatoms. The van der Waals surface area contributed by atoms with Gasteiger partial charge in [0.2, 0.25) is 35.4 Å². The second-order valence-electron chi connectivity index (χ2n) is 13.5. The molecule has 0 unspecified atom stereocenters. The molecule has 55 heavy (non-hydrogen) atoms. The van der Waals surface area contributed by atoms with Gasteiger partial charge in [-0.25, -0.2) is 0 Å². The van der Waals surface area contributed by atoms with Crippen molar-refractivity contribution in [2.24, 2.45) is 34.4 Å². The highest BCUT2D eigenvalue weighted by Gasteiger charge is 2.39. The molecule has 1 saturated heterocycles. The van der Waals surface area contributed by atoms with E-state index in [2.05, 4.69) is 37.2 Å². The van der Waals surface area contributed by atoms with Crippen LogP contribution in [0.15, 0.2) is 0 Å². The molecule has 6 amide bonds. The van der Waals surface area contributed by atoms with Gasteiger partial charge in [0.25, 0.3) is 0 Å². The Bertz CT molecular complexity index is 1260. The van der Waals surface area contributed by atoms with Crippen molar-refractivity contribution in [3.05, 3.63) is 0 Å². The fraction of sp³-hybridized carbons (Fsp3) is 0.781. The Morgan fingerprint density at radius 3 is 1.71 bits per heavy atom. The minimum atomic E-state index is -1.28. The first-order chi connectivity index (χ1) is 25.9. The van der Waals surface area contributed by atoms with E-state index in [9.17, 15) is 43.8 Å². The number of unbranched alkanes of at least 4 members (excludes halogenated alkanes) is 1. The fourth-order valence-electron chi connectivity index (χ4n) is 5.62. The number of hydrogen-bond acceptors (Lipinski definition) is 16. The predicted octanol–water partition coefficient (Wildman–Crippen LogP) is -6.88. The van der Waals surface area contributed by atoms with E-state index < -0.39 is 103 Å². The molecule has 21 N–H and O–H groups in total. The SMILES string of the molecule is C[C@H](NC(=O)[C@@H]1CCCN1C(=O)[C@H](CCCNC(N)N)NC(=O)[C@H](C)NC(=O)[C@H](CCCNC(N)N)NC(=O)[C@H](CCCCN)NC(=O)[C@@H](N)CO)C(=O)O. The first-order valence-corrected chi connectivity index (χ1v) is 18.5. The summed E-state index contributed by atoms with van der Waals surface area (Å²) in [4.78, 5) is 92.4. The number of hydrogen-bond donors (Lipinski definition) is 15. The third-order valence-corrected chi connectivity index (χ3v) is 8.78. The maximum atomic E-state index is 13.8. The van der Waals surface area contributed by atoms with Gasteiger partial charge in [0.15, 0.2) is 0 Å². The predicted molar refractivity (Wildman–Crippen MR) is 200 cm³/mol. The Morgan fingerprint density at radius 2 is 1.18 bits per heavy atom. The lowest BCUT2D eigenvalue weighted by molar-refractivity contribution is -0.144. The number of carboxylic acids is 1. The number of amides is 6. The average Bonchev–Trinajstić information content (AvgIpc) is 3.63. The van der Waals surface area contributed by atoms with Gasteiger partial charge in [-0.2, -0.15) is 0 Å². The number of carbonyl (C=O) groups is 7. The Balaban J connectivity index is 3.19. The highest BCUT2D eigenvalue weighted by molar-refractivity contribution is 5.97. The van der Waals surface area contributed by atoms with Gasteiger partial charge < -0.3 is 76.1 Å². The topological polar surface area (TPSA) is 404 Å². The molecule has 0 aromatic rings. The van der Waals surface area contributed by atoms with Gasteiger partial charge in [0, 0.05) is 6.54 Å². The zero-order chi connectivity index (χ0) is 41.7. The van der Waals surface area contributed by atoms with Crippen LogP contribution in [0.4, 0.5) is 0 Å². The van der Waals surface area contributed by atoms with E-state index in [1.807, 2.05) is 0 Å². The summed E-state index contributed by atoms with van der Waals surface area (Å²) in [5, 5.41) is 36.8. The number of aliphatic carboxylic acids is 1. The van der Waals surface area contributed by atoms with E-state index >= 15 is 0 Å². The largest absolute Gasteiger partial charge is 0.480 e. The van der Waals surface area contributed by atoms with E-state index in [0.29, 0.717) is 38.6 Å². The monoisotopic (exact) mass is 788 g/mol. The maximum absolute atomic E-state index is 13.8. The highest BCUT2D eigenvalue weighted by Crippen LogP contribution is 2.20. The molecule has 1 aliphatic rings. The average molecular weight is 789 g/mol. The minimum Gasteiger partial charge on any atom is -0.480 e. The molecule has 316 valence electrons. The Kier molecular flexibility index (Phi) is 23.1. The Morgan fingerprint density at radius 1 is 0.673 bits per heavy atom. The summed E-state index contributed by atoms with van der Waals surface area (Å²) in [7, 11) is 0. The summed E-state index contributed by atoms with van der Waals surface area (Å²) < 4.78 is 0. The number of nitrogens with zero attached hydrogens (tertiary/aromatic N) is 1. The number of aliphatic hydroxyl groups is 1.